The summed E-state index contributed by atoms with van der Waals surface area (Å²) >= 11 is 0. The van der Waals surface area contributed by atoms with Gasteiger partial charge in [0.2, 0.25) is 11.8 Å². The molecule has 1 aromatic carbocycles. The lowest BCUT2D eigenvalue weighted by Crippen LogP contribution is -2.31. The SMILES string of the molecule is CC1=C(C)C[C@H]2C(=O)N(c3ccccc3[N+](=O)[O-])C(=O)[C@@H]2C1. The maximum absolute atomic E-state index is 12.6. The third-order valence-electron chi connectivity index (χ3n) is 4.66. The Hall–Kier alpha value is -2.50. The first-order chi connectivity index (χ1) is 10.4. The Kier molecular flexibility index (Phi) is 3.31. The predicted molar refractivity (Wildman–Crippen MR) is 80.2 cm³/mol. The molecule has 1 fully saturated rings. The number of hydrogen-bond donors (Lipinski definition) is 0. The molecule has 0 saturated carbocycles. The molecule has 2 amide bonds. The number of fused-ring (bicyclic) bond motifs is 1. The average molecular weight is 300 g/mol. The molecule has 1 aliphatic heterocycles. The summed E-state index contributed by atoms with van der Waals surface area (Å²) < 4.78 is 0. The second-order valence-electron chi connectivity index (χ2n) is 5.94. The molecule has 22 heavy (non-hydrogen) atoms. The fourth-order valence-corrected chi connectivity index (χ4v) is 3.30. The van der Waals surface area contributed by atoms with Crippen LogP contribution in [0, 0.1) is 22.0 Å². The summed E-state index contributed by atoms with van der Waals surface area (Å²) in [5.41, 5.74) is 2.12. The van der Waals surface area contributed by atoms with E-state index in [1.165, 1.54) is 18.2 Å². The van der Waals surface area contributed by atoms with Gasteiger partial charge in [0.15, 0.2) is 0 Å². The Morgan fingerprint density at radius 2 is 1.55 bits per heavy atom. The number of nitrogens with zero attached hydrogens (tertiary/aromatic N) is 2. The Bertz CT molecular complexity index is 691. The molecule has 1 heterocycles. The first kappa shape index (κ1) is 14.4. The molecule has 6 heteroatoms. The van der Waals surface area contributed by atoms with Gasteiger partial charge >= 0.3 is 0 Å². The quantitative estimate of drug-likeness (QED) is 0.364. The van der Waals surface area contributed by atoms with E-state index in [-0.39, 0.29) is 23.2 Å². The van der Waals surface area contributed by atoms with Crippen LogP contribution >= 0.6 is 0 Å². The average Bonchev–Trinajstić information content (AvgIpc) is 2.71. The first-order valence-corrected chi connectivity index (χ1v) is 7.18. The molecule has 0 unspecified atom stereocenters. The summed E-state index contributed by atoms with van der Waals surface area (Å²) in [6.07, 6.45) is 1.11. The Morgan fingerprint density at radius 3 is 2.05 bits per heavy atom. The van der Waals surface area contributed by atoms with Crippen molar-refractivity contribution in [3.05, 3.63) is 45.5 Å². The third kappa shape index (κ3) is 2.03. The van der Waals surface area contributed by atoms with Crippen LogP contribution in [0.5, 0.6) is 0 Å². The summed E-state index contributed by atoms with van der Waals surface area (Å²) in [5.74, 6) is -1.43. The van der Waals surface area contributed by atoms with Crippen LogP contribution in [0.4, 0.5) is 11.4 Å². The van der Waals surface area contributed by atoms with E-state index in [0.717, 1.165) is 16.0 Å². The van der Waals surface area contributed by atoms with Gasteiger partial charge < -0.3 is 0 Å². The topological polar surface area (TPSA) is 80.5 Å². The normalized spacial score (nSPS) is 24.7. The van der Waals surface area contributed by atoms with E-state index in [4.69, 9.17) is 0 Å². The molecule has 1 aromatic rings. The molecule has 0 bridgehead atoms. The van der Waals surface area contributed by atoms with Crippen LogP contribution in [-0.4, -0.2) is 16.7 Å². The van der Waals surface area contributed by atoms with Crippen molar-refractivity contribution in [2.24, 2.45) is 11.8 Å². The highest BCUT2D eigenvalue weighted by molar-refractivity contribution is 6.23. The van der Waals surface area contributed by atoms with Crippen molar-refractivity contribution < 1.29 is 14.5 Å². The molecule has 0 aromatic heterocycles. The van der Waals surface area contributed by atoms with E-state index in [2.05, 4.69) is 0 Å². The number of hydrogen-bond acceptors (Lipinski definition) is 4. The van der Waals surface area contributed by atoms with Crippen LogP contribution in [0.1, 0.15) is 26.7 Å². The van der Waals surface area contributed by atoms with Crippen LogP contribution in [0.3, 0.4) is 0 Å². The molecule has 0 radical (unpaired) electrons. The predicted octanol–water partition coefficient (Wildman–Crippen LogP) is 2.83. The molecule has 114 valence electrons. The number of carbonyl (C=O) groups excluding carboxylic acids is 2. The zero-order valence-electron chi connectivity index (χ0n) is 12.4. The van der Waals surface area contributed by atoms with Crippen molar-refractivity contribution in [1.82, 2.24) is 0 Å². The number of rotatable bonds is 2. The highest BCUT2D eigenvalue weighted by Gasteiger charge is 2.50. The minimum Gasteiger partial charge on any atom is -0.274 e. The van der Waals surface area contributed by atoms with Crippen LogP contribution in [0.25, 0.3) is 0 Å². The van der Waals surface area contributed by atoms with Crippen LogP contribution in [0.15, 0.2) is 35.4 Å². The van der Waals surface area contributed by atoms with Gasteiger partial charge in [-0.2, -0.15) is 0 Å². The minimum absolute atomic E-state index is 0.0761. The van der Waals surface area contributed by atoms with Crippen molar-refractivity contribution in [3.63, 3.8) is 0 Å². The summed E-state index contributed by atoms with van der Waals surface area (Å²) in [4.78, 5) is 36.9. The molecule has 2 atom stereocenters. The molecule has 0 spiro atoms. The number of nitro benzene ring substituents is 1. The zero-order valence-corrected chi connectivity index (χ0v) is 12.4. The number of para-hydroxylation sites is 2. The van der Waals surface area contributed by atoms with Gasteiger partial charge in [-0.1, -0.05) is 23.3 Å². The monoisotopic (exact) mass is 300 g/mol. The minimum atomic E-state index is -0.563. The van der Waals surface area contributed by atoms with Gasteiger partial charge in [-0.25, -0.2) is 4.90 Å². The van der Waals surface area contributed by atoms with Crippen molar-refractivity contribution in [1.29, 1.82) is 0 Å². The fraction of sp³-hybridized carbons (Fsp3) is 0.375. The maximum atomic E-state index is 12.6. The van der Waals surface area contributed by atoms with Gasteiger partial charge in [-0.3, -0.25) is 19.7 Å². The van der Waals surface area contributed by atoms with Crippen molar-refractivity contribution in [3.8, 4) is 0 Å². The lowest BCUT2D eigenvalue weighted by molar-refractivity contribution is -0.384. The van der Waals surface area contributed by atoms with Crippen molar-refractivity contribution in [2.45, 2.75) is 26.7 Å². The summed E-state index contributed by atoms with van der Waals surface area (Å²) in [5, 5.41) is 11.2. The summed E-state index contributed by atoms with van der Waals surface area (Å²) in [6.45, 7) is 3.94. The number of allylic oxidation sites excluding steroid dienone is 2. The number of benzene rings is 1. The van der Waals surface area contributed by atoms with Gasteiger partial charge in [0.05, 0.1) is 16.8 Å². The molecule has 2 aliphatic rings. The summed E-state index contributed by atoms with van der Waals surface area (Å²) in [6, 6.07) is 5.89. The zero-order chi connectivity index (χ0) is 16.0. The van der Waals surface area contributed by atoms with E-state index in [1.807, 2.05) is 13.8 Å². The van der Waals surface area contributed by atoms with E-state index in [1.54, 1.807) is 6.07 Å². The smallest absolute Gasteiger partial charge is 0.274 e. The van der Waals surface area contributed by atoms with Gasteiger partial charge in [0, 0.05) is 6.07 Å². The Labute approximate surface area is 127 Å². The number of imide groups is 1. The second-order valence-corrected chi connectivity index (χ2v) is 5.94. The molecule has 1 aliphatic carbocycles. The van der Waals surface area contributed by atoms with E-state index >= 15 is 0 Å². The Balaban J connectivity index is 2.04. The lowest BCUT2D eigenvalue weighted by atomic mass is 9.78. The highest BCUT2D eigenvalue weighted by Crippen LogP contribution is 2.43. The molecule has 1 saturated heterocycles. The van der Waals surface area contributed by atoms with Crippen molar-refractivity contribution >= 4 is 23.2 Å². The van der Waals surface area contributed by atoms with Crippen molar-refractivity contribution in [2.75, 3.05) is 4.90 Å². The van der Waals surface area contributed by atoms with Gasteiger partial charge in [0.1, 0.15) is 5.69 Å². The lowest BCUT2D eigenvalue weighted by Gasteiger charge is -2.23. The summed E-state index contributed by atoms with van der Waals surface area (Å²) in [7, 11) is 0. The fourth-order valence-electron chi connectivity index (χ4n) is 3.30. The maximum Gasteiger partial charge on any atom is 0.293 e. The number of nitro groups is 1. The molecule has 3 rings (SSSR count). The third-order valence-corrected chi connectivity index (χ3v) is 4.66. The second kappa shape index (κ2) is 5.05. The molecule has 6 nitrogen and oxygen atoms in total. The van der Waals surface area contributed by atoms with Crippen LogP contribution in [-0.2, 0) is 9.59 Å². The number of amides is 2. The largest absolute Gasteiger partial charge is 0.293 e. The van der Waals surface area contributed by atoms with Gasteiger partial charge in [-0.15, -0.1) is 0 Å². The van der Waals surface area contributed by atoms with E-state index in [0.29, 0.717) is 12.8 Å². The number of carbonyl (C=O) groups is 2. The van der Waals surface area contributed by atoms with Crippen LogP contribution in [0.2, 0.25) is 0 Å². The van der Waals surface area contributed by atoms with Gasteiger partial charge in [-0.05, 0) is 32.8 Å². The molecule has 0 N–H and O–H groups in total. The number of anilines is 1. The van der Waals surface area contributed by atoms with Crippen LogP contribution < -0.4 is 4.90 Å². The molecular formula is C16H16N2O4. The Morgan fingerprint density at radius 1 is 1.05 bits per heavy atom. The first-order valence-electron chi connectivity index (χ1n) is 7.18. The molecular weight excluding hydrogens is 284 g/mol. The van der Waals surface area contributed by atoms with E-state index in [9.17, 15) is 19.7 Å². The highest BCUT2D eigenvalue weighted by atomic mass is 16.6. The van der Waals surface area contributed by atoms with Gasteiger partial charge in [0.25, 0.3) is 5.69 Å². The van der Waals surface area contributed by atoms with E-state index < -0.39 is 16.8 Å². The standard InChI is InChI=1S/C16H16N2O4/c1-9-7-11-12(8-10(9)2)16(20)17(15(11)19)13-5-3-4-6-14(13)18(21)22/h3-6,11-12H,7-8H2,1-2H3/t11-,12-/m1/s1.